The van der Waals surface area contributed by atoms with Gasteiger partial charge in [0.25, 0.3) is 0 Å². The zero-order valence-electron chi connectivity index (χ0n) is 18.9. The van der Waals surface area contributed by atoms with Crippen LogP contribution in [0.3, 0.4) is 0 Å². The van der Waals surface area contributed by atoms with E-state index in [1.54, 1.807) is 31.9 Å². The highest BCUT2D eigenvalue weighted by Crippen LogP contribution is 2.40. The predicted octanol–water partition coefficient (Wildman–Crippen LogP) is 5.35. The molecule has 1 aliphatic rings. The van der Waals surface area contributed by atoms with E-state index in [-0.39, 0.29) is 24.5 Å². The van der Waals surface area contributed by atoms with Crippen LogP contribution in [0.2, 0.25) is 0 Å². The van der Waals surface area contributed by atoms with Gasteiger partial charge < -0.3 is 14.4 Å². The van der Waals surface area contributed by atoms with Gasteiger partial charge in [-0.15, -0.1) is 0 Å². The van der Waals surface area contributed by atoms with Crippen molar-refractivity contribution < 1.29 is 27.4 Å². The second-order valence-electron chi connectivity index (χ2n) is 8.19. The molecule has 0 unspecified atom stereocenters. The number of halogens is 4. The number of nitrogens with zero attached hydrogens (tertiary/aromatic N) is 4. The Hall–Kier alpha value is -2.66. The molecule has 1 atom stereocenters. The van der Waals surface area contributed by atoms with Crippen LogP contribution in [0.15, 0.2) is 28.9 Å². The number of ether oxygens (including phenoxy) is 2. The first kappa shape index (κ1) is 24.5. The molecule has 1 fully saturated rings. The van der Waals surface area contributed by atoms with Gasteiger partial charge in [0.15, 0.2) is 12.4 Å². The summed E-state index contributed by atoms with van der Waals surface area (Å²) in [5.74, 6) is 0.139. The molecule has 0 bridgehead atoms. The van der Waals surface area contributed by atoms with Crippen molar-refractivity contribution in [3.63, 3.8) is 0 Å². The molecule has 1 aromatic carbocycles. The third kappa shape index (κ3) is 4.76. The van der Waals surface area contributed by atoms with Gasteiger partial charge in [-0.2, -0.15) is 18.3 Å². The lowest BCUT2D eigenvalue weighted by atomic mass is 10.00. The number of aryl methyl sites for hydroxylation is 1. The number of likely N-dealkylation sites (tertiary alicyclic amines) is 1. The van der Waals surface area contributed by atoms with Crippen molar-refractivity contribution >= 4 is 32.9 Å². The number of aromatic nitrogens is 3. The largest absolute Gasteiger partial charge is 0.467 e. The van der Waals surface area contributed by atoms with Crippen LogP contribution in [-0.2, 0) is 15.7 Å². The van der Waals surface area contributed by atoms with Gasteiger partial charge >= 0.3 is 6.18 Å². The highest BCUT2D eigenvalue weighted by molar-refractivity contribution is 9.10. The lowest BCUT2D eigenvalue weighted by Gasteiger charge is -2.30. The van der Waals surface area contributed by atoms with Crippen molar-refractivity contribution in [3.05, 3.63) is 40.0 Å². The van der Waals surface area contributed by atoms with Gasteiger partial charge in [-0.25, -0.2) is 4.98 Å². The first-order valence-electron chi connectivity index (χ1n) is 10.8. The molecule has 0 spiro atoms. The average Bonchev–Trinajstić information content (AvgIpc) is 3.10. The molecular formula is C23H24BrF3N4O3. The second-order valence-corrected chi connectivity index (χ2v) is 8.94. The second kappa shape index (κ2) is 9.53. The maximum absolute atomic E-state index is 13.4. The lowest BCUT2D eigenvalue weighted by molar-refractivity contribution is -0.137. The first-order valence-corrected chi connectivity index (χ1v) is 11.6. The highest BCUT2D eigenvalue weighted by Gasteiger charge is 2.33. The van der Waals surface area contributed by atoms with E-state index < -0.39 is 11.7 Å². The van der Waals surface area contributed by atoms with Crippen LogP contribution in [0.25, 0.3) is 22.3 Å². The minimum Gasteiger partial charge on any atom is -0.467 e. The van der Waals surface area contributed by atoms with Gasteiger partial charge in [0.1, 0.15) is 10.4 Å². The van der Waals surface area contributed by atoms with Gasteiger partial charge in [-0.3, -0.25) is 9.48 Å². The molecule has 3 aromatic rings. The van der Waals surface area contributed by atoms with E-state index in [0.29, 0.717) is 48.5 Å². The van der Waals surface area contributed by atoms with E-state index in [1.807, 2.05) is 10.7 Å². The maximum atomic E-state index is 13.4. The van der Waals surface area contributed by atoms with E-state index in [0.717, 1.165) is 22.1 Å². The molecule has 1 saturated heterocycles. The van der Waals surface area contributed by atoms with Crippen LogP contribution < -0.4 is 4.74 Å². The third-order valence-corrected chi connectivity index (χ3v) is 6.62. The molecule has 4 rings (SSSR count). The van der Waals surface area contributed by atoms with Crippen LogP contribution in [0, 0.1) is 6.92 Å². The van der Waals surface area contributed by atoms with Crippen LogP contribution in [0.5, 0.6) is 5.75 Å². The summed E-state index contributed by atoms with van der Waals surface area (Å²) < 4.78 is 53.6. The van der Waals surface area contributed by atoms with Crippen molar-refractivity contribution in [2.24, 2.45) is 0 Å². The third-order valence-electron chi connectivity index (χ3n) is 5.83. The molecule has 1 amide bonds. The number of amides is 1. The summed E-state index contributed by atoms with van der Waals surface area (Å²) in [5, 5.41) is 5.42. The van der Waals surface area contributed by atoms with Crippen LogP contribution in [0.4, 0.5) is 13.2 Å². The number of alkyl halides is 3. The van der Waals surface area contributed by atoms with E-state index in [4.69, 9.17) is 9.47 Å². The Morgan fingerprint density at radius 1 is 1.26 bits per heavy atom. The topological polar surface area (TPSA) is 69.5 Å². The molecule has 0 N–H and O–H groups in total. The zero-order valence-corrected chi connectivity index (χ0v) is 20.5. The smallest absolute Gasteiger partial charge is 0.416 e. The van der Waals surface area contributed by atoms with Gasteiger partial charge in [0.2, 0.25) is 5.91 Å². The Morgan fingerprint density at radius 2 is 2.03 bits per heavy atom. The molecule has 182 valence electrons. The Labute approximate surface area is 203 Å². The number of benzene rings is 1. The fourth-order valence-electron chi connectivity index (χ4n) is 4.08. The quantitative estimate of drug-likeness (QED) is 0.311. The number of likely N-dealkylation sites (N-methyl/N-ethyl adjacent to an activating group) is 1. The van der Waals surface area contributed by atoms with Crippen LogP contribution in [0.1, 0.15) is 36.9 Å². The van der Waals surface area contributed by atoms with Gasteiger partial charge in [-0.05, 0) is 66.0 Å². The summed E-state index contributed by atoms with van der Waals surface area (Å²) in [5.41, 5.74) is 0.906. The minimum absolute atomic E-state index is 0.00684. The minimum atomic E-state index is -4.51. The van der Waals surface area contributed by atoms with E-state index in [2.05, 4.69) is 26.0 Å². The molecule has 0 radical (unpaired) electrons. The Morgan fingerprint density at radius 3 is 2.71 bits per heavy atom. The first-order chi connectivity index (χ1) is 16.1. The molecular weight excluding hydrogens is 517 g/mol. The highest BCUT2D eigenvalue weighted by atomic mass is 79.9. The summed E-state index contributed by atoms with van der Waals surface area (Å²) in [7, 11) is 1.76. The number of rotatable bonds is 6. The van der Waals surface area contributed by atoms with Gasteiger partial charge in [0.05, 0.1) is 22.7 Å². The number of piperidine rings is 1. The number of hydrogen-bond donors (Lipinski definition) is 0. The van der Waals surface area contributed by atoms with Crippen molar-refractivity contribution in [3.8, 4) is 17.0 Å². The van der Waals surface area contributed by atoms with E-state index in [1.165, 1.54) is 0 Å². The normalized spacial score (nSPS) is 17.0. The standard InChI is InChI=1S/C23H24BrF3N4O3/c1-4-33-12-34-18-10-14(23(25,26)27)9-13(2)20(18)17-7-6-16-21(24)31(29-22(16)28-17)15-5-8-19(32)30(3)11-15/h6-7,9-10,15H,4-5,8,11-12H2,1-3H3/t15-/m1/s1. The monoisotopic (exact) mass is 540 g/mol. The predicted molar refractivity (Wildman–Crippen MR) is 123 cm³/mol. The molecule has 0 saturated carbocycles. The van der Waals surface area contributed by atoms with Crippen LogP contribution >= 0.6 is 15.9 Å². The molecule has 1 aliphatic heterocycles. The number of hydrogen-bond acceptors (Lipinski definition) is 5. The van der Waals surface area contributed by atoms with Gasteiger partial charge in [-0.1, -0.05) is 0 Å². The number of carbonyl (C=O) groups excluding carboxylic acids is 1. The van der Waals surface area contributed by atoms with E-state index in [9.17, 15) is 18.0 Å². The summed E-state index contributed by atoms with van der Waals surface area (Å²) in [4.78, 5) is 18.2. The molecule has 34 heavy (non-hydrogen) atoms. The lowest BCUT2D eigenvalue weighted by Crippen LogP contribution is -2.38. The van der Waals surface area contributed by atoms with Crippen molar-refractivity contribution in [2.45, 2.75) is 38.9 Å². The SMILES string of the molecule is CCOCOc1cc(C(F)(F)F)cc(C)c1-c1ccc2c(Br)n([C@@H]3CCC(=O)N(C)C3)nc2n1. The Kier molecular flexibility index (Phi) is 6.86. The van der Waals surface area contributed by atoms with Crippen LogP contribution in [-0.4, -0.2) is 52.6 Å². The fraction of sp³-hybridized carbons (Fsp3) is 0.435. The number of fused-ring (bicyclic) bond motifs is 1. The van der Waals surface area contributed by atoms with Crippen molar-refractivity contribution in [1.82, 2.24) is 19.7 Å². The number of pyridine rings is 1. The molecule has 7 nitrogen and oxygen atoms in total. The van der Waals surface area contributed by atoms with Crippen molar-refractivity contribution in [2.75, 3.05) is 27.0 Å². The zero-order chi connectivity index (χ0) is 24.6. The van der Waals surface area contributed by atoms with Gasteiger partial charge in [0, 0.05) is 32.2 Å². The van der Waals surface area contributed by atoms with Crippen molar-refractivity contribution in [1.29, 1.82) is 0 Å². The number of carbonyl (C=O) groups is 1. The average molecular weight is 541 g/mol. The summed E-state index contributed by atoms with van der Waals surface area (Å²) in [6.07, 6.45) is -3.41. The summed E-state index contributed by atoms with van der Waals surface area (Å²) >= 11 is 3.60. The summed E-state index contributed by atoms with van der Waals surface area (Å²) in [6.45, 7) is 4.08. The maximum Gasteiger partial charge on any atom is 0.416 e. The molecule has 2 aromatic heterocycles. The molecule has 0 aliphatic carbocycles. The fourth-order valence-corrected chi connectivity index (χ4v) is 4.75. The Bertz CT molecular complexity index is 1230. The molecule has 11 heteroatoms. The summed E-state index contributed by atoms with van der Waals surface area (Å²) in [6, 6.07) is 5.60. The van der Waals surface area contributed by atoms with E-state index >= 15 is 0 Å². The molecule has 3 heterocycles. The Balaban J connectivity index is 1.76.